The summed E-state index contributed by atoms with van der Waals surface area (Å²) in [7, 11) is 2.14. The van der Waals surface area contributed by atoms with Crippen molar-refractivity contribution < 1.29 is 18.3 Å². The van der Waals surface area contributed by atoms with E-state index in [-0.39, 0.29) is 29.9 Å². The topological polar surface area (TPSA) is 73.4 Å². The fraction of sp³-hybridized carbons (Fsp3) is 0.529. The average molecular weight is 387 g/mol. The van der Waals surface area contributed by atoms with Gasteiger partial charge in [-0.15, -0.1) is 12.4 Å². The molecule has 2 bridgehead atoms. The molecule has 6 nitrogen and oxygen atoms in total. The van der Waals surface area contributed by atoms with Gasteiger partial charge in [-0.1, -0.05) is 0 Å². The smallest absolute Gasteiger partial charge is 0.387 e. The van der Waals surface area contributed by atoms with Crippen LogP contribution in [0.3, 0.4) is 0 Å². The van der Waals surface area contributed by atoms with Gasteiger partial charge in [-0.05, 0) is 44.9 Å². The van der Waals surface area contributed by atoms with Gasteiger partial charge in [-0.2, -0.15) is 13.9 Å². The standard InChI is InChI=1S/C17H20F2N4O2.ClH/c1-22-9-2-3-10(22)7-11(6-9)23-14-8-12(25-17(18)19)4-5-13(14)15(21-23)16(20)24;/h4-5,8-11,17H,2-3,6-7H2,1H3,(H2,20,24);1H. The van der Waals surface area contributed by atoms with E-state index < -0.39 is 12.5 Å². The van der Waals surface area contributed by atoms with Gasteiger partial charge >= 0.3 is 6.61 Å². The zero-order valence-corrected chi connectivity index (χ0v) is 15.1. The van der Waals surface area contributed by atoms with Crippen molar-refractivity contribution in [3.8, 4) is 5.75 Å². The molecule has 0 spiro atoms. The fourth-order valence-electron chi connectivity index (χ4n) is 4.34. The maximum Gasteiger partial charge on any atom is 0.387 e. The van der Waals surface area contributed by atoms with Crippen LogP contribution in [0.25, 0.3) is 10.9 Å². The van der Waals surface area contributed by atoms with E-state index in [1.807, 2.05) is 0 Å². The molecule has 2 aliphatic heterocycles. The van der Waals surface area contributed by atoms with Crippen molar-refractivity contribution in [1.29, 1.82) is 0 Å². The molecule has 9 heteroatoms. The first-order valence-electron chi connectivity index (χ1n) is 8.43. The number of carbonyl (C=O) groups is 1. The Balaban J connectivity index is 0.00000196. The lowest BCUT2D eigenvalue weighted by Crippen LogP contribution is -2.40. The minimum Gasteiger partial charge on any atom is -0.435 e. The third-order valence-corrected chi connectivity index (χ3v) is 5.56. The van der Waals surface area contributed by atoms with Crippen molar-refractivity contribution in [3.05, 3.63) is 23.9 Å². The van der Waals surface area contributed by atoms with E-state index in [4.69, 9.17) is 5.73 Å². The molecule has 26 heavy (non-hydrogen) atoms. The molecule has 2 aliphatic rings. The predicted molar refractivity (Wildman–Crippen MR) is 95.0 cm³/mol. The van der Waals surface area contributed by atoms with E-state index in [2.05, 4.69) is 21.8 Å². The van der Waals surface area contributed by atoms with E-state index >= 15 is 0 Å². The summed E-state index contributed by atoms with van der Waals surface area (Å²) in [4.78, 5) is 14.2. The van der Waals surface area contributed by atoms with E-state index in [9.17, 15) is 13.6 Å². The average Bonchev–Trinajstić information content (AvgIpc) is 2.99. The molecule has 1 aromatic carbocycles. The van der Waals surface area contributed by atoms with Crippen molar-refractivity contribution in [2.45, 2.75) is 50.4 Å². The molecular formula is C17H21ClF2N4O2. The summed E-state index contributed by atoms with van der Waals surface area (Å²) in [6.07, 6.45) is 4.14. The van der Waals surface area contributed by atoms with E-state index in [0.717, 1.165) is 25.7 Å². The molecule has 2 N–H and O–H groups in total. The van der Waals surface area contributed by atoms with Gasteiger partial charge in [-0.25, -0.2) is 0 Å². The predicted octanol–water partition coefficient (Wildman–Crippen LogP) is 2.96. The maximum atomic E-state index is 12.5. The lowest BCUT2D eigenvalue weighted by atomic mass is 9.98. The second-order valence-corrected chi connectivity index (χ2v) is 6.89. The zero-order valence-electron chi connectivity index (χ0n) is 14.3. The number of benzene rings is 1. The molecule has 142 valence electrons. The van der Waals surface area contributed by atoms with Crippen LogP contribution in [-0.4, -0.2) is 46.3 Å². The van der Waals surface area contributed by atoms with E-state index in [1.165, 1.54) is 12.1 Å². The van der Waals surface area contributed by atoms with Crippen LogP contribution in [-0.2, 0) is 0 Å². The van der Waals surface area contributed by atoms with Crippen molar-refractivity contribution in [1.82, 2.24) is 14.7 Å². The Kier molecular flexibility index (Phi) is 5.07. The number of ether oxygens (including phenoxy) is 1. The maximum absolute atomic E-state index is 12.5. The highest BCUT2D eigenvalue weighted by molar-refractivity contribution is 6.04. The van der Waals surface area contributed by atoms with Crippen LogP contribution >= 0.6 is 12.4 Å². The molecule has 0 radical (unpaired) electrons. The number of aromatic nitrogens is 2. The third-order valence-electron chi connectivity index (χ3n) is 5.56. The monoisotopic (exact) mass is 386 g/mol. The number of fused-ring (bicyclic) bond motifs is 3. The molecule has 2 unspecified atom stereocenters. The molecule has 2 atom stereocenters. The summed E-state index contributed by atoms with van der Waals surface area (Å²) < 4.78 is 31.4. The molecule has 4 rings (SSSR count). The fourth-order valence-corrected chi connectivity index (χ4v) is 4.34. The molecular weight excluding hydrogens is 366 g/mol. The Labute approximate surface area is 155 Å². The number of nitrogens with two attached hydrogens (primary N) is 1. The molecule has 1 amide bonds. The van der Waals surface area contributed by atoms with Gasteiger partial charge in [0.1, 0.15) is 5.75 Å². The first-order chi connectivity index (χ1) is 11.9. The number of amides is 1. The van der Waals surface area contributed by atoms with Crippen LogP contribution in [0.4, 0.5) is 8.78 Å². The van der Waals surface area contributed by atoms with Crippen LogP contribution in [0.5, 0.6) is 5.75 Å². The Hall–Kier alpha value is -1.93. The number of halogens is 3. The minimum absolute atomic E-state index is 0. The number of piperidine rings is 1. The van der Waals surface area contributed by atoms with Crippen LogP contribution in [0.15, 0.2) is 18.2 Å². The summed E-state index contributed by atoms with van der Waals surface area (Å²) in [5, 5.41) is 5.00. The van der Waals surface area contributed by atoms with Crippen molar-refractivity contribution in [3.63, 3.8) is 0 Å². The largest absolute Gasteiger partial charge is 0.435 e. The minimum atomic E-state index is -2.90. The molecule has 0 aliphatic carbocycles. The lowest BCUT2D eigenvalue weighted by Gasteiger charge is -2.36. The highest BCUT2D eigenvalue weighted by Gasteiger charge is 2.40. The molecule has 2 aromatic rings. The normalized spacial score (nSPS) is 25.5. The second kappa shape index (κ2) is 7.00. The first kappa shape index (κ1) is 18.8. The summed E-state index contributed by atoms with van der Waals surface area (Å²) >= 11 is 0. The number of hydrogen-bond donors (Lipinski definition) is 1. The highest BCUT2D eigenvalue weighted by Crippen LogP contribution is 2.41. The summed E-state index contributed by atoms with van der Waals surface area (Å²) in [5.41, 5.74) is 6.24. The van der Waals surface area contributed by atoms with Gasteiger partial charge < -0.3 is 15.4 Å². The van der Waals surface area contributed by atoms with E-state index in [1.54, 1.807) is 10.7 Å². The molecule has 3 heterocycles. The second-order valence-electron chi connectivity index (χ2n) is 6.89. The lowest BCUT2D eigenvalue weighted by molar-refractivity contribution is -0.0497. The van der Waals surface area contributed by atoms with Crippen LogP contribution in [0.2, 0.25) is 0 Å². The Morgan fingerprint density at radius 3 is 2.50 bits per heavy atom. The quantitative estimate of drug-likeness (QED) is 0.876. The summed E-state index contributed by atoms with van der Waals surface area (Å²) in [5.74, 6) is -0.572. The number of primary amides is 1. The highest BCUT2D eigenvalue weighted by atomic mass is 35.5. The molecule has 2 fully saturated rings. The van der Waals surface area contributed by atoms with Crippen LogP contribution < -0.4 is 10.5 Å². The van der Waals surface area contributed by atoms with E-state index in [0.29, 0.717) is 23.0 Å². The van der Waals surface area contributed by atoms with Crippen molar-refractivity contribution in [2.75, 3.05) is 7.05 Å². The van der Waals surface area contributed by atoms with Crippen molar-refractivity contribution >= 4 is 29.2 Å². The Morgan fingerprint density at radius 2 is 1.92 bits per heavy atom. The number of nitrogens with zero attached hydrogens (tertiary/aromatic N) is 3. The molecule has 1 aromatic heterocycles. The van der Waals surface area contributed by atoms with Gasteiger partial charge in [-0.3, -0.25) is 9.48 Å². The van der Waals surface area contributed by atoms with Gasteiger partial charge in [0.15, 0.2) is 5.69 Å². The number of alkyl halides is 2. The number of carbonyl (C=O) groups excluding carboxylic acids is 1. The SMILES string of the molecule is CN1C2CCC1CC(n1nc(C(N)=O)c3ccc(OC(F)F)cc31)C2.Cl. The van der Waals surface area contributed by atoms with Gasteiger partial charge in [0.25, 0.3) is 5.91 Å². The summed E-state index contributed by atoms with van der Waals surface area (Å²) in [6, 6.07) is 5.58. The van der Waals surface area contributed by atoms with Gasteiger partial charge in [0.2, 0.25) is 0 Å². The molecule has 0 saturated carbocycles. The molecule has 2 saturated heterocycles. The zero-order chi connectivity index (χ0) is 17.7. The Bertz CT molecular complexity index is 814. The third kappa shape index (κ3) is 3.12. The Morgan fingerprint density at radius 1 is 1.27 bits per heavy atom. The van der Waals surface area contributed by atoms with Gasteiger partial charge in [0.05, 0.1) is 11.6 Å². The summed E-state index contributed by atoms with van der Waals surface area (Å²) in [6.45, 7) is -2.90. The van der Waals surface area contributed by atoms with Crippen molar-refractivity contribution in [2.24, 2.45) is 5.73 Å². The van der Waals surface area contributed by atoms with Crippen LogP contribution in [0.1, 0.15) is 42.2 Å². The van der Waals surface area contributed by atoms with Crippen LogP contribution in [0, 0.1) is 0 Å². The van der Waals surface area contributed by atoms with Gasteiger partial charge in [0, 0.05) is 23.5 Å². The number of rotatable bonds is 4. The first-order valence-corrected chi connectivity index (χ1v) is 8.43. The number of hydrogen-bond acceptors (Lipinski definition) is 4.